The van der Waals surface area contributed by atoms with Crippen molar-refractivity contribution in [3.63, 3.8) is 0 Å². The molecule has 0 amide bonds. The summed E-state index contributed by atoms with van der Waals surface area (Å²) in [6, 6.07) is 4.18. The van der Waals surface area contributed by atoms with Crippen molar-refractivity contribution in [1.82, 2.24) is 5.32 Å². The first-order valence-corrected chi connectivity index (χ1v) is 8.27. The van der Waals surface area contributed by atoms with Crippen molar-refractivity contribution in [2.75, 3.05) is 14.2 Å². The summed E-state index contributed by atoms with van der Waals surface area (Å²) < 4.78 is 11.6. The molecule has 21 heavy (non-hydrogen) atoms. The minimum Gasteiger partial charge on any atom is -0.493 e. The third-order valence-corrected chi connectivity index (χ3v) is 4.63. The lowest BCUT2D eigenvalue weighted by Gasteiger charge is -2.22. The topological polar surface area (TPSA) is 50.7 Å². The summed E-state index contributed by atoms with van der Waals surface area (Å²) in [6.07, 6.45) is 5.22. The first-order valence-electron chi connectivity index (χ1n) is 7.47. The van der Waals surface area contributed by atoms with Crippen molar-refractivity contribution >= 4 is 15.9 Å². The minimum absolute atomic E-state index is 0.180. The molecule has 4 nitrogen and oxygen atoms in total. The largest absolute Gasteiger partial charge is 0.493 e. The Morgan fingerprint density at radius 3 is 2.67 bits per heavy atom. The molecule has 2 N–H and O–H groups in total. The molecule has 118 valence electrons. The molecule has 1 fully saturated rings. The standard InChI is InChI=1S/C16H24BrNO3/c1-20-15-9-11(8-12(17)16(15)21-2)10-18-13-6-4-3-5-7-14(13)19/h8-9,13-14,18-19H,3-7,10H2,1-2H3. The summed E-state index contributed by atoms with van der Waals surface area (Å²) in [6.45, 7) is 0.709. The Balaban J connectivity index is 2.04. The summed E-state index contributed by atoms with van der Waals surface area (Å²) in [5.41, 5.74) is 1.11. The highest BCUT2D eigenvalue weighted by atomic mass is 79.9. The lowest BCUT2D eigenvalue weighted by Crippen LogP contribution is -2.38. The number of aliphatic hydroxyl groups is 1. The van der Waals surface area contributed by atoms with Crippen LogP contribution in [0.2, 0.25) is 0 Å². The Labute approximate surface area is 135 Å². The van der Waals surface area contributed by atoms with Gasteiger partial charge >= 0.3 is 0 Å². The van der Waals surface area contributed by atoms with E-state index < -0.39 is 0 Å². The van der Waals surface area contributed by atoms with Gasteiger partial charge in [-0.1, -0.05) is 19.3 Å². The average molecular weight is 358 g/mol. The summed E-state index contributed by atoms with van der Waals surface area (Å²) in [5, 5.41) is 13.6. The van der Waals surface area contributed by atoms with Crippen LogP contribution in [0.3, 0.4) is 0 Å². The highest BCUT2D eigenvalue weighted by Gasteiger charge is 2.21. The molecule has 5 heteroatoms. The maximum Gasteiger partial charge on any atom is 0.174 e. The van der Waals surface area contributed by atoms with E-state index in [-0.39, 0.29) is 12.1 Å². The molecular formula is C16H24BrNO3. The van der Waals surface area contributed by atoms with Crippen molar-refractivity contribution in [3.8, 4) is 11.5 Å². The maximum atomic E-state index is 10.1. The van der Waals surface area contributed by atoms with Crippen molar-refractivity contribution in [2.24, 2.45) is 0 Å². The fourth-order valence-corrected chi connectivity index (χ4v) is 3.50. The van der Waals surface area contributed by atoms with E-state index in [4.69, 9.17) is 9.47 Å². The van der Waals surface area contributed by atoms with Gasteiger partial charge in [-0.3, -0.25) is 0 Å². The lowest BCUT2D eigenvalue weighted by molar-refractivity contribution is 0.119. The van der Waals surface area contributed by atoms with Crippen LogP contribution in [0.25, 0.3) is 0 Å². The van der Waals surface area contributed by atoms with Crippen molar-refractivity contribution in [2.45, 2.75) is 50.8 Å². The number of hydrogen-bond donors (Lipinski definition) is 2. The molecule has 0 spiro atoms. The summed E-state index contributed by atoms with van der Waals surface area (Å²) >= 11 is 3.51. The Kier molecular flexibility index (Phi) is 6.33. The van der Waals surface area contributed by atoms with E-state index in [2.05, 4.69) is 21.2 Å². The third-order valence-electron chi connectivity index (χ3n) is 4.04. The molecule has 0 aromatic heterocycles. The van der Waals surface area contributed by atoms with E-state index in [1.165, 1.54) is 12.8 Å². The number of ether oxygens (including phenoxy) is 2. The van der Waals surface area contributed by atoms with Gasteiger partial charge in [0, 0.05) is 12.6 Å². The van der Waals surface area contributed by atoms with Gasteiger partial charge in [0.05, 0.1) is 24.8 Å². The SMILES string of the molecule is COc1cc(CNC2CCCCCC2O)cc(Br)c1OC. The number of hydrogen-bond acceptors (Lipinski definition) is 4. The molecule has 0 aliphatic heterocycles. The van der Waals surface area contributed by atoms with E-state index in [1.54, 1.807) is 14.2 Å². The van der Waals surface area contributed by atoms with E-state index in [1.807, 2.05) is 12.1 Å². The van der Waals surface area contributed by atoms with Gasteiger partial charge in [0.2, 0.25) is 0 Å². The number of halogens is 1. The quantitative estimate of drug-likeness (QED) is 0.794. The molecule has 2 rings (SSSR count). The van der Waals surface area contributed by atoms with Crippen molar-refractivity contribution < 1.29 is 14.6 Å². The normalized spacial score (nSPS) is 22.7. The third kappa shape index (κ3) is 4.34. The summed E-state index contributed by atoms with van der Waals surface area (Å²) in [5.74, 6) is 1.42. The van der Waals surface area contributed by atoms with Gasteiger partial charge < -0.3 is 19.9 Å². The molecule has 1 aromatic carbocycles. The van der Waals surface area contributed by atoms with E-state index in [0.717, 1.165) is 29.3 Å². The van der Waals surface area contributed by atoms with Crippen LogP contribution < -0.4 is 14.8 Å². The van der Waals surface area contributed by atoms with Gasteiger partial charge in [-0.15, -0.1) is 0 Å². The molecule has 0 bridgehead atoms. The predicted octanol–water partition coefficient (Wildman–Crippen LogP) is 3.25. The number of rotatable bonds is 5. The highest BCUT2D eigenvalue weighted by Crippen LogP contribution is 2.36. The zero-order chi connectivity index (χ0) is 15.2. The van der Waals surface area contributed by atoms with Crippen molar-refractivity contribution in [3.05, 3.63) is 22.2 Å². The number of aliphatic hydroxyl groups excluding tert-OH is 1. The van der Waals surface area contributed by atoms with Crippen LogP contribution in [0.5, 0.6) is 11.5 Å². The molecule has 2 unspecified atom stereocenters. The Morgan fingerprint density at radius 1 is 1.19 bits per heavy atom. The molecule has 1 saturated carbocycles. The summed E-state index contributed by atoms with van der Waals surface area (Å²) in [7, 11) is 3.26. The number of benzene rings is 1. The second-order valence-electron chi connectivity index (χ2n) is 5.51. The molecule has 1 aliphatic carbocycles. The predicted molar refractivity (Wildman–Crippen MR) is 87.0 cm³/mol. The number of methoxy groups -OCH3 is 2. The van der Waals surface area contributed by atoms with Crippen LogP contribution in [0.1, 0.15) is 37.7 Å². The first-order chi connectivity index (χ1) is 10.2. The average Bonchev–Trinajstić information content (AvgIpc) is 2.69. The van der Waals surface area contributed by atoms with Crippen LogP contribution in [0, 0.1) is 0 Å². The minimum atomic E-state index is -0.240. The van der Waals surface area contributed by atoms with Crippen LogP contribution in [0.4, 0.5) is 0 Å². The van der Waals surface area contributed by atoms with Crippen LogP contribution in [-0.2, 0) is 6.54 Å². The van der Waals surface area contributed by atoms with Gasteiger partial charge in [-0.05, 0) is 46.5 Å². The lowest BCUT2D eigenvalue weighted by atomic mass is 10.1. The fourth-order valence-electron chi connectivity index (χ4n) is 2.85. The molecule has 0 radical (unpaired) electrons. The second kappa shape index (κ2) is 8.01. The van der Waals surface area contributed by atoms with E-state index >= 15 is 0 Å². The zero-order valence-corrected chi connectivity index (χ0v) is 14.3. The van der Waals surface area contributed by atoms with Crippen molar-refractivity contribution in [1.29, 1.82) is 0 Å². The van der Waals surface area contributed by atoms with Gasteiger partial charge in [0.15, 0.2) is 11.5 Å². The molecule has 2 atom stereocenters. The van der Waals surface area contributed by atoms with Gasteiger partial charge in [-0.2, -0.15) is 0 Å². The molecule has 1 aliphatic rings. The Morgan fingerprint density at radius 2 is 1.95 bits per heavy atom. The Hall–Kier alpha value is -0.780. The van der Waals surface area contributed by atoms with Crippen LogP contribution in [-0.4, -0.2) is 31.5 Å². The highest BCUT2D eigenvalue weighted by molar-refractivity contribution is 9.10. The first kappa shape index (κ1) is 16.6. The summed E-state index contributed by atoms with van der Waals surface area (Å²) in [4.78, 5) is 0. The van der Waals surface area contributed by atoms with Gasteiger partial charge in [0.1, 0.15) is 0 Å². The maximum absolute atomic E-state index is 10.1. The zero-order valence-electron chi connectivity index (χ0n) is 12.7. The molecule has 1 aromatic rings. The Bertz CT molecular complexity index is 467. The molecule has 0 heterocycles. The fraction of sp³-hybridized carbons (Fsp3) is 0.625. The molecular weight excluding hydrogens is 334 g/mol. The van der Waals surface area contributed by atoms with Crippen LogP contribution in [0.15, 0.2) is 16.6 Å². The number of nitrogens with one attached hydrogen (secondary N) is 1. The smallest absolute Gasteiger partial charge is 0.174 e. The van der Waals surface area contributed by atoms with Gasteiger partial charge in [-0.25, -0.2) is 0 Å². The molecule has 0 saturated heterocycles. The van der Waals surface area contributed by atoms with E-state index in [9.17, 15) is 5.11 Å². The second-order valence-corrected chi connectivity index (χ2v) is 6.36. The van der Waals surface area contributed by atoms with Crippen LogP contribution >= 0.6 is 15.9 Å². The van der Waals surface area contributed by atoms with Gasteiger partial charge in [0.25, 0.3) is 0 Å². The monoisotopic (exact) mass is 357 g/mol. The van der Waals surface area contributed by atoms with E-state index in [0.29, 0.717) is 18.0 Å².